The molecule has 5 nitrogen and oxygen atoms in total. The largest absolute Gasteiger partial charge is 0.324 e. The fraction of sp³-hybridized carbons (Fsp3) is 0.176. The van der Waals surface area contributed by atoms with Crippen LogP contribution in [0.4, 0.5) is 11.4 Å². The number of anilines is 2. The highest BCUT2D eigenvalue weighted by molar-refractivity contribution is 9.10. The highest BCUT2D eigenvalue weighted by Crippen LogP contribution is 2.25. The van der Waals surface area contributed by atoms with Gasteiger partial charge in [0.15, 0.2) is 0 Å². The van der Waals surface area contributed by atoms with E-state index in [4.69, 9.17) is 11.6 Å². The van der Waals surface area contributed by atoms with Crippen LogP contribution in [0.25, 0.3) is 0 Å². The number of rotatable bonds is 6. The lowest BCUT2D eigenvalue weighted by Crippen LogP contribution is -2.36. The van der Waals surface area contributed by atoms with Crippen molar-refractivity contribution in [2.24, 2.45) is 0 Å². The molecule has 0 aliphatic heterocycles. The molecule has 2 aromatic rings. The fourth-order valence-corrected chi connectivity index (χ4v) is 3.18. The van der Waals surface area contributed by atoms with E-state index in [0.717, 1.165) is 8.95 Å². The number of nitrogens with zero attached hydrogens (tertiary/aromatic N) is 1. The van der Waals surface area contributed by atoms with Crippen LogP contribution in [0.1, 0.15) is 0 Å². The van der Waals surface area contributed by atoms with Crippen LogP contribution >= 0.6 is 43.5 Å². The highest BCUT2D eigenvalue weighted by Gasteiger charge is 2.13. The van der Waals surface area contributed by atoms with Gasteiger partial charge < -0.3 is 10.6 Å². The van der Waals surface area contributed by atoms with Gasteiger partial charge in [0, 0.05) is 8.95 Å². The molecule has 0 saturated heterocycles. The molecule has 0 aliphatic rings. The molecule has 0 heterocycles. The van der Waals surface area contributed by atoms with Gasteiger partial charge in [0.05, 0.1) is 29.5 Å². The summed E-state index contributed by atoms with van der Waals surface area (Å²) in [6, 6.07) is 12.5. The molecule has 2 aromatic carbocycles. The molecular weight excluding hydrogens is 473 g/mol. The van der Waals surface area contributed by atoms with Gasteiger partial charge in [-0.25, -0.2) is 0 Å². The van der Waals surface area contributed by atoms with Crippen LogP contribution in [0.15, 0.2) is 51.4 Å². The third-order valence-corrected chi connectivity index (χ3v) is 4.68. The monoisotopic (exact) mass is 487 g/mol. The van der Waals surface area contributed by atoms with E-state index in [9.17, 15) is 9.59 Å². The lowest BCUT2D eigenvalue weighted by atomic mass is 10.3. The second kappa shape index (κ2) is 9.33. The van der Waals surface area contributed by atoms with Gasteiger partial charge in [0.2, 0.25) is 11.8 Å². The number of halogens is 3. The zero-order chi connectivity index (χ0) is 18.4. The lowest BCUT2D eigenvalue weighted by molar-refractivity contribution is -0.119. The molecule has 0 atom stereocenters. The summed E-state index contributed by atoms with van der Waals surface area (Å²) in [5.74, 6) is -0.454. The molecule has 0 bridgehead atoms. The summed E-state index contributed by atoms with van der Waals surface area (Å²) in [6.07, 6.45) is 0. The van der Waals surface area contributed by atoms with Crippen molar-refractivity contribution in [1.82, 2.24) is 4.90 Å². The predicted octanol–water partition coefficient (Wildman–Crippen LogP) is 4.37. The van der Waals surface area contributed by atoms with Gasteiger partial charge in [-0.1, -0.05) is 39.7 Å². The minimum Gasteiger partial charge on any atom is -0.324 e. The van der Waals surface area contributed by atoms with Gasteiger partial charge in [-0.05, 0) is 53.3 Å². The molecule has 0 radical (unpaired) electrons. The van der Waals surface area contributed by atoms with Crippen molar-refractivity contribution in [1.29, 1.82) is 0 Å². The van der Waals surface area contributed by atoms with Crippen molar-refractivity contribution >= 4 is 66.6 Å². The van der Waals surface area contributed by atoms with Crippen LogP contribution in [-0.2, 0) is 9.59 Å². The van der Waals surface area contributed by atoms with Crippen LogP contribution in [0.5, 0.6) is 0 Å². The number of amides is 2. The summed E-state index contributed by atoms with van der Waals surface area (Å²) in [5, 5.41) is 5.96. The smallest absolute Gasteiger partial charge is 0.238 e. The molecule has 0 aromatic heterocycles. The number of nitrogens with one attached hydrogen (secondary N) is 2. The number of likely N-dealkylation sites (N-methyl/N-ethyl adjacent to an activating group) is 1. The first-order chi connectivity index (χ1) is 11.8. The number of carbonyl (C=O) groups is 2. The van der Waals surface area contributed by atoms with Crippen LogP contribution in [0, 0.1) is 0 Å². The Morgan fingerprint density at radius 2 is 1.60 bits per heavy atom. The fourth-order valence-electron chi connectivity index (χ4n) is 2.08. The van der Waals surface area contributed by atoms with Crippen molar-refractivity contribution < 1.29 is 9.59 Å². The van der Waals surface area contributed by atoms with E-state index in [1.165, 1.54) is 0 Å². The molecule has 0 aliphatic carbocycles. The van der Waals surface area contributed by atoms with Gasteiger partial charge in [-0.2, -0.15) is 0 Å². The van der Waals surface area contributed by atoms with E-state index in [0.29, 0.717) is 16.4 Å². The van der Waals surface area contributed by atoms with Gasteiger partial charge in [-0.15, -0.1) is 0 Å². The molecule has 132 valence electrons. The summed E-state index contributed by atoms with van der Waals surface area (Å²) in [7, 11) is 1.70. The molecule has 2 rings (SSSR count). The van der Waals surface area contributed by atoms with Crippen LogP contribution in [-0.4, -0.2) is 36.9 Å². The zero-order valence-corrected chi connectivity index (χ0v) is 17.3. The third kappa shape index (κ3) is 6.43. The molecule has 8 heteroatoms. The summed E-state index contributed by atoms with van der Waals surface area (Å²) >= 11 is 12.8. The number of para-hydroxylation sites is 1. The minimum absolute atomic E-state index is 0.0653. The van der Waals surface area contributed by atoms with E-state index in [1.807, 2.05) is 18.2 Å². The maximum Gasteiger partial charge on any atom is 0.238 e. The Morgan fingerprint density at radius 3 is 2.20 bits per heavy atom. The molecule has 0 spiro atoms. The summed E-state index contributed by atoms with van der Waals surface area (Å²) < 4.78 is 1.63. The van der Waals surface area contributed by atoms with E-state index in [1.54, 1.807) is 36.2 Å². The van der Waals surface area contributed by atoms with Gasteiger partial charge in [0.1, 0.15) is 0 Å². The minimum atomic E-state index is -0.250. The van der Waals surface area contributed by atoms with Crippen molar-refractivity contribution in [2.75, 3.05) is 30.8 Å². The van der Waals surface area contributed by atoms with Crippen LogP contribution < -0.4 is 10.6 Å². The molecule has 0 unspecified atom stereocenters. The van der Waals surface area contributed by atoms with Crippen molar-refractivity contribution in [3.05, 3.63) is 56.4 Å². The van der Waals surface area contributed by atoms with Gasteiger partial charge >= 0.3 is 0 Å². The average Bonchev–Trinajstić information content (AvgIpc) is 2.52. The zero-order valence-electron chi connectivity index (χ0n) is 13.4. The Kier molecular flexibility index (Phi) is 7.43. The summed E-state index contributed by atoms with van der Waals surface area (Å²) in [5.41, 5.74) is 1.22. The molecule has 2 N–H and O–H groups in total. The normalized spacial score (nSPS) is 10.6. The maximum absolute atomic E-state index is 12.1. The standard InChI is InChI=1S/C17H16Br2ClN3O2/c1-23(9-16(24)21-14-5-3-2-4-12(14)19)10-17(25)22-15-7-6-11(18)8-13(15)20/h2-8H,9-10H2,1H3,(H,21,24)(H,22,25). The van der Waals surface area contributed by atoms with E-state index in [-0.39, 0.29) is 24.9 Å². The maximum atomic E-state index is 12.1. The first-order valence-corrected chi connectivity index (χ1v) is 9.29. The second-order valence-corrected chi connectivity index (χ2v) is 7.55. The predicted molar refractivity (Wildman–Crippen MR) is 108 cm³/mol. The lowest BCUT2D eigenvalue weighted by Gasteiger charge is -2.16. The van der Waals surface area contributed by atoms with Crippen LogP contribution in [0.2, 0.25) is 5.02 Å². The Balaban J connectivity index is 1.84. The first kappa shape index (κ1) is 19.9. The van der Waals surface area contributed by atoms with Crippen molar-refractivity contribution in [3.8, 4) is 0 Å². The second-order valence-electron chi connectivity index (χ2n) is 5.37. The number of carbonyl (C=O) groups excluding carboxylic acids is 2. The topological polar surface area (TPSA) is 61.4 Å². The Labute approximate surface area is 168 Å². The molecular formula is C17H16Br2ClN3O2. The Bertz CT molecular complexity index is 786. The third-order valence-electron chi connectivity index (χ3n) is 3.18. The molecule has 25 heavy (non-hydrogen) atoms. The molecule has 2 amide bonds. The van der Waals surface area contributed by atoms with Gasteiger partial charge in [0.25, 0.3) is 0 Å². The van der Waals surface area contributed by atoms with E-state index < -0.39 is 0 Å². The summed E-state index contributed by atoms with van der Waals surface area (Å²) in [6.45, 7) is 0.151. The molecule has 0 saturated carbocycles. The first-order valence-electron chi connectivity index (χ1n) is 7.33. The van der Waals surface area contributed by atoms with Crippen molar-refractivity contribution in [3.63, 3.8) is 0 Å². The highest BCUT2D eigenvalue weighted by atomic mass is 79.9. The number of hydrogen-bond donors (Lipinski definition) is 2. The Hall–Kier alpha value is -1.41. The van der Waals surface area contributed by atoms with E-state index >= 15 is 0 Å². The van der Waals surface area contributed by atoms with E-state index in [2.05, 4.69) is 42.5 Å². The number of benzene rings is 2. The Morgan fingerprint density at radius 1 is 1.00 bits per heavy atom. The average molecular weight is 490 g/mol. The SMILES string of the molecule is CN(CC(=O)Nc1ccc(Br)cc1Cl)CC(=O)Nc1ccccc1Br. The molecule has 0 fully saturated rings. The summed E-state index contributed by atoms with van der Waals surface area (Å²) in [4.78, 5) is 25.8. The van der Waals surface area contributed by atoms with Gasteiger partial charge in [-0.3, -0.25) is 14.5 Å². The van der Waals surface area contributed by atoms with Crippen LogP contribution in [0.3, 0.4) is 0 Å². The quantitative estimate of drug-likeness (QED) is 0.633. The number of hydrogen-bond acceptors (Lipinski definition) is 3. The van der Waals surface area contributed by atoms with Crippen molar-refractivity contribution in [2.45, 2.75) is 0 Å².